The largest absolute Gasteiger partial charge is 0.384 e. The van der Waals surface area contributed by atoms with E-state index in [1.165, 1.54) is 0 Å². The van der Waals surface area contributed by atoms with Gasteiger partial charge in [0, 0.05) is 22.8 Å². The van der Waals surface area contributed by atoms with Crippen LogP contribution in [-0.4, -0.2) is 16.6 Å². The highest BCUT2D eigenvalue weighted by Gasteiger charge is 2.03. The van der Waals surface area contributed by atoms with E-state index >= 15 is 0 Å². The topological polar surface area (TPSA) is 73.1 Å². The van der Waals surface area contributed by atoms with Crippen LogP contribution >= 0.6 is 15.9 Å². The van der Waals surface area contributed by atoms with Gasteiger partial charge < -0.3 is 15.8 Å². The number of anilines is 3. The number of nitrogen functional groups attached to an aromatic ring is 1. The van der Waals surface area contributed by atoms with E-state index in [-0.39, 0.29) is 0 Å². The van der Waals surface area contributed by atoms with Crippen molar-refractivity contribution in [1.82, 2.24) is 9.97 Å². The molecule has 2 aromatic rings. The molecule has 0 fully saturated rings. The third kappa shape index (κ3) is 4.18. The Hall–Kier alpha value is -1.66. The van der Waals surface area contributed by atoms with Crippen LogP contribution in [0.3, 0.4) is 0 Å². The van der Waals surface area contributed by atoms with Crippen molar-refractivity contribution < 1.29 is 4.74 Å². The summed E-state index contributed by atoms with van der Waals surface area (Å²) in [5, 5.41) is 3.19. The van der Waals surface area contributed by atoms with E-state index in [1.807, 2.05) is 31.2 Å². The molecule has 0 amide bonds. The SMILES string of the molecule is CCOCc1nc(N)cc(Nc2cccc(Br)c2)n1. The molecule has 5 nitrogen and oxygen atoms in total. The van der Waals surface area contributed by atoms with Gasteiger partial charge in [0.1, 0.15) is 18.2 Å². The van der Waals surface area contributed by atoms with E-state index in [2.05, 4.69) is 31.2 Å². The summed E-state index contributed by atoms with van der Waals surface area (Å²) >= 11 is 3.42. The Labute approximate surface area is 120 Å². The maximum atomic E-state index is 5.76. The van der Waals surface area contributed by atoms with E-state index in [0.717, 1.165) is 10.2 Å². The van der Waals surface area contributed by atoms with Crippen LogP contribution in [0.1, 0.15) is 12.7 Å². The maximum Gasteiger partial charge on any atom is 0.158 e. The number of aromatic nitrogens is 2. The predicted octanol–water partition coefficient (Wildman–Crippen LogP) is 3.10. The summed E-state index contributed by atoms with van der Waals surface area (Å²) in [6, 6.07) is 9.50. The first-order valence-electron chi connectivity index (χ1n) is 5.91. The number of nitrogens with one attached hydrogen (secondary N) is 1. The van der Waals surface area contributed by atoms with Gasteiger partial charge in [0.15, 0.2) is 5.82 Å². The highest BCUT2D eigenvalue weighted by Crippen LogP contribution is 2.20. The second-order valence-corrected chi connectivity index (χ2v) is 4.78. The fourth-order valence-corrected chi connectivity index (χ4v) is 1.95. The fourth-order valence-electron chi connectivity index (χ4n) is 1.55. The first-order chi connectivity index (χ1) is 9.17. The summed E-state index contributed by atoms with van der Waals surface area (Å²) in [7, 11) is 0. The number of rotatable bonds is 5. The van der Waals surface area contributed by atoms with E-state index in [4.69, 9.17) is 10.5 Å². The molecule has 1 aromatic heterocycles. The number of halogens is 1. The van der Waals surface area contributed by atoms with Gasteiger partial charge >= 0.3 is 0 Å². The number of nitrogens with two attached hydrogens (primary N) is 1. The molecule has 0 radical (unpaired) electrons. The van der Waals surface area contributed by atoms with Crippen molar-refractivity contribution in [3.8, 4) is 0 Å². The third-order valence-corrected chi connectivity index (χ3v) is 2.82. The molecule has 0 saturated carbocycles. The zero-order valence-corrected chi connectivity index (χ0v) is 12.1. The number of ether oxygens (including phenoxy) is 1. The molecule has 100 valence electrons. The molecule has 0 saturated heterocycles. The average molecular weight is 323 g/mol. The maximum absolute atomic E-state index is 5.76. The first-order valence-corrected chi connectivity index (χ1v) is 6.70. The molecule has 0 atom stereocenters. The van der Waals surface area contributed by atoms with Gasteiger partial charge in [-0.05, 0) is 25.1 Å². The van der Waals surface area contributed by atoms with Gasteiger partial charge in [-0.2, -0.15) is 0 Å². The molecule has 0 aliphatic heterocycles. The van der Waals surface area contributed by atoms with Gasteiger partial charge in [-0.15, -0.1) is 0 Å². The Morgan fingerprint density at radius 2 is 2.16 bits per heavy atom. The Morgan fingerprint density at radius 1 is 1.32 bits per heavy atom. The van der Waals surface area contributed by atoms with Gasteiger partial charge in [-0.3, -0.25) is 0 Å². The van der Waals surface area contributed by atoms with Gasteiger partial charge in [0.2, 0.25) is 0 Å². The van der Waals surface area contributed by atoms with E-state index in [0.29, 0.717) is 30.7 Å². The van der Waals surface area contributed by atoms with Gasteiger partial charge in [-0.25, -0.2) is 9.97 Å². The van der Waals surface area contributed by atoms with Crippen molar-refractivity contribution >= 4 is 33.3 Å². The van der Waals surface area contributed by atoms with Crippen LogP contribution in [0.5, 0.6) is 0 Å². The van der Waals surface area contributed by atoms with Crippen molar-refractivity contribution in [2.45, 2.75) is 13.5 Å². The fraction of sp³-hybridized carbons (Fsp3) is 0.231. The average Bonchev–Trinajstić information content (AvgIpc) is 2.35. The smallest absolute Gasteiger partial charge is 0.158 e. The van der Waals surface area contributed by atoms with Crippen molar-refractivity contribution in [3.05, 3.63) is 40.6 Å². The number of hydrogen-bond acceptors (Lipinski definition) is 5. The lowest BCUT2D eigenvalue weighted by Crippen LogP contribution is -2.05. The molecule has 0 bridgehead atoms. The Bertz CT molecular complexity index is 562. The minimum atomic E-state index is 0.356. The molecule has 0 aliphatic carbocycles. The van der Waals surface area contributed by atoms with Crippen molar-refractivity contribution in [1.29, 1.82) is 0 Å². The summed E-state index contributed by atoms with van der Waals surface area (Å²) in [4.78, 5) is 8.48. The molecular weight excluding hydrogens is 308 g/mol. The van der Waals surface area contributed by atoms with Crippen LogP contribution in [-0.2, 0) is 11.3 Å². The molecule has 2 rings (SSSR count). The van der Waals surface area contributed by atoms with E-state index in [1.54, 1.807) is 6.07 Å². The number of benzene rings is 1. The standard InChI is InChI=1S/C13H15BrN4O/c1-2-19-8-13-17-11(15)7-12(18-13)16-10-5-3-4-9(14)6-10/h3-7H,2,8H2,1H3,(H3,15,16,17,18). The van der Waals surface area contributed by atoms with Crippen LogP contribution in [0.2, 0.25) is 0 Å². The summed E-state index contributed by atoms with van der Waals surface area (Å²) in [5.41, 5.74) is 6.68. The summed E-state index contributed by atoms with van der Waals surface area (Å²) in [6.45, 7) is 2.90. The second kappa shape index (κ2) is 6.49. The lowest BCUT2D eigenvalue weighted by molar-refractivity contribution is 0.128. The van der Waals surface area contributed by atoms with Crippen molar-refractivity contribution in [2.75, 3.05) is 17.7 Å². The Balaban J connectivity index is 2.17. The second-order valence-electron chi connectivity index (χ2n) is 3.87. The van der Waals surface area contributed by atoms with E-state index < -0.39 is 0 Å². The number of hydrogen-bond donors (Lipinski definition) is 2. The first kappa shape index (κ1) is 13.8. The summed E-state index contributed by atoms with van der Waals surface area (Å²) in [6.07, 6.45) is 0. The minimum Gasteiger partial charge on any atom is -0.384 e. The summed E-state index contributed by atoms with van der Waals surface area (Å²) in [5.74, 6) is 1.64. The Kier molecular flexibility index (Phi) is 4.70. The molecule has 1 aromatic carbocycles. The summed E-state index contributed by atoms with van der Waals surface area (Å²) < 4.78 is 6.28. The third-order valence-electron chi connectivity index (χ3n) is 2.32. The van der Waals surface area contributed by atoms with Crippen molar-refractivity contribution in [2.24, 2.45) is 0 Å². The van der Waals surface area contributed by atoms with E-state index in [9.17, 15) is 0 Å². The molecule has 0 aliphatic rings. The van der Waals surface area contributed by atoms with Crippen LogP contribution < -0.4 is 11.1 Å². The zero-order chi connectivity index (χ0) is 13.7. The Morgan fingerprint density at radius 3 is 2.89 bits per heavy atom. The molecule has 0 spiro atoms. The highest BCUT2D eigenvalue weighted by molar-refractivity contribution is 9.10. The van der Waals surface area contributed by atoms with Crippen LogP contribution in [0.15, 0.2) is 34.8 Å². The molecule has 0 unspecified atom stereocenters. The normalized spacial score (nSPS) is 10.4. The minimum absolute atomic E-state index is 0.356. The number of nitrogens with zero attached hydrogens (tertiary/aromatic N) is 2. The van der Waals surface area contributed by atoms with Crippen LogP contribution in [0.4, 0.5) is 17.3 Å². The zero-order valence-electron chi connectivity index (χ0n) is 10.6. The lowest BCUT2D eigenvalue weighted by atomic mass is 10.3. The molecule has 19 heavy (non-hydrogen) atoms. The molecule has 1 heterocycles. The van der Waals surface area contributed by atoms with Gasteiger partial charge in [-0.1, -0.05) is 22.0 Å². The van der Waals surface area contributed by atoms with Crippen molar-refractivity contribution in [3.63, 3.8) is 0 Å². The van der Waals surface area contributed by atoms with Crippen LogP contribution in [0, 0.1) is 0 Å². The lowest BCUT2D eigenvalue weighted by Gasteiger charge is -2.08. The quantitative estimate of drug-likeness (QED) is 0.884. The van der Waals surface area contributed by atoms with Gasteiger partial charge in [0.05, 0.1) is 0 Å². The molecule has 3 N–H and O–H groups in total. The molecule has 6 heteroatoms. The highest BCUT2D eigenvalue weighted by atomic mass is 79.9. The van der Waals surface area contributed by atoms with Crippen LogP contribution in [0.25, 0.3) is 0 Å². The predicted molar refractivity (Wildman–Crippen MR) is 79.2 cm³/mol. The van der Waals surface area contributed by atoms with Gasteiger partial charge in [0.25, 0.3) is 0 Å². The molecular formula is C13H15BrN4O. The monoisotopic (exact) mass is 322 g/mol.